The first kappa shape index (κ1) is 13.5. The third-order valence-electron chi connectivity index (χ3n) is 2.76. The molecule has 1 aliphatic rings. The van der Waals surface area contributed by atoms with Crippen molar-refractivity contribution in [1.82, 2.24) is 10.3 Å². The van der Waals surface area contributed by atoms with E-state index >= 15 is 0 Å². The maximum atomic E-state index is 12.0. The molecule has 1 amide bonds. The summed E-state index contributed by atoms with van der Waals surface area (Å²) in [5.74, 6) is 0.352. The molecule has 0 unspecified atom stereocenters. The zero-order valence-corrected chi connectivity index (χ0v) is 11.2. The zero-order chi connectivity index (χ0) is 13.7. The largest absolute Gasteiger partial charge is 0.481 e. The molecule has 0 radical (unpaired) electrons. The SMILES string of the molecule is COCC=Cc1cc(C(=O)NC2CC2)cc(OC)n1. The van der Waals surface area contributed by atoms with E-state index in [1.54, 1.807) is 25.3 Å². The van der Waals surface area contributed by atoms with Crippen LogP contribution in [0, 0.1) is 0 Å². The van der Waals surface area contributed by atoms with Crippen LogP contribution in [0.3, 0.4) is 0 Å². The van der Waals surface area contributed by atoms with Crippen molar-refractivity contribution in [3.63, 3.8) is 0 Å². The Kier molecular flexibility index (Phi) is 4.52. The van der Waals surface area contributed by atoms with E-state index in [4.69, 9.17) is 9.47 Å². The summed E-state index contributed by atoms with van der Waals surface area (Å²) in [6.07, 6.45) is 5.77. The molecule has 0 aromatic carbocycles. The molecule has 0 bridgehead atoms. The van der Waals surface area contributed by atoms with Crippen molar-refractivity contribution in [2.75, 3.05) is 20.8 Å². The molecule has 1 fully saturated rings. The number of carbonyl (C=O) groups is 1. The minimum absolute atomic E-state index is 0.0791. The quantitative estimate of drug-likeness (QED) is 0.846. The number of hydrogen-bond donors (Lipinski definition) is 1. The summed E-state index contributed by atoms with van der Waals surface area (Å²) in [7, 11) is 3.16. The number of methoxy groups -OCH3 is 2. The summed E-state index contributed by atoms with van der Waals surface area (Å²) in [6, 6.07) is 3.72. The molecule has 5 nitrogen and oxygen atoms in total. The molecule has 1 aliphatic carbocycles. The molecule has 0 spiro atoms. The lowest BCUT2D eigenvalue weighted by atomic mass is 10.2. The van der Waals surface area contributed by atoms with Gasteiger partial charge in [0.05, 0.1) is 19.4 Å². The first-order valence-corrected chi connectivity index (χ1v) is 6.25. The zero-order valence-electron chi connectivity index (χ0n) is 11.2. The highest BCUT2D eigenvalue weighted by atomic mass is 16.5. The second-order valence-electron chi connectivity index (χ2n) is 4.43. The van der Waals surface area contributed by atoms with Crippen molar-refractivity contribution in [2.24, 2.45) is 0 Å². The Morgan fingerprint density at radius 3 is 2.89 bits per heavy atom. The van der Waals surface area contributed by atoms with E-state index < -0.39 is 0 Å². The number of rotatable bonds is 6. The molecule has 0 aliphatic heterocycles. The normalized spacial score (nSPS) is 14.6. The Balaban J connectivity index is 2.16. The van der Waals surface area contributed by atoms with Crippen LogP contribution in [0.5, 0.6) is 5.88 Å². The van der Waals surface area contributed by atoms with Gasteiger partial charge in [0.25, 0.3) is 5.91 Å². The monoisotopic (exact) mass is 262 g/mol. The van der Waals surface area contributed by atoms with Gasteiger partial charge in [-0.1, -0.05) is 6.08 Å². The van der Waals surface area contributed by atoms with Crippen LogP contribution in [0.25, 0.3) is 6.08 Å². The summed E-state index contributed by atoms with van der Waals surface area (Å²) >= 11 is 0. The van der Waals surface area contributed by atoms with Crippen LogP contribution in [0.4, 0.5) is 0 Å². The van der Waals surface area contributed by atoms with Crippen LogP contribution in [0.1, 0.15) is 28.9 Å². The molecule has 5 heteroatoms. The van der Waals surface area contributed by atoms with Crippen LogP contribution in [0.15, 0.2) is 18.2 Å². The van der Waals surface area contributed by atoms with Gasteiger partial charge in [-0.25, -0.2) is 4.98 Å². The Morgan fingerprint density at radius 1 is 1.47 bits per heavy atom. The fourth-order valence-corrected chi connectivity index (χ4v) is 1.61. The molecule has 2 rings (SSSR count). The van der Waals surface area contributed by atoms with E-state index in [-0.39, 0.29) is 5.91 Å². The van der Waals surface area contributed by atoms with Crippen LogP contribution >= 0.6 is 0 Å². The van der Waals surface area contributed by atoms with Gasteiger partial charge in [0.15, 0.2) is 0 Å². The van der Waals surface area contributed by atoms with Gasteiger partial charge in [0, 0.05) is 24.8 Å². The number of carbonyl (C=O) groups excluding carboxylic acids is 1. The standard InChI is InChI=1S/C14H18N2O3/c1-18-7-3-4-12-8-10(9-13(15-12)19-2)14(17)16-11-5-6-11/h3-4,8-9,11H,5-7H2,1-2H3,(H,16,17). The molecule has 1 saturated carbocycles. The molecule has 1 aromatic rings. The molecule has 102 valence electrons. The summed E-state index contributed by atoms with van der Waals surface area (Å²) in [5.41, 5.74) is 1.24. The molecular formula is C14H18N2O3. The van der Waals surface area contributed by atoms with Gasteiger partial charge in [-0.05, 0) is 25.0 Å². The van der Waals surface area contributed by atoms with Gasteiger partial charge in [-0.2, -0.15) is 0 Å². The predicted octanol–water partition coefficient (Wildman–Crippen LogP) is 1.64. The van der Waals surface area contributed by atoms with Crippen LogP contribution in [-0.4, -0.2) is 37.8 Å². The van der Waals surface area contributed by atoms with E-state index in [2.05, 4.69) is 10.3 Å². The maximum absolute atomic E-state index is 12.0. The minimum atomic E-state index is -0.0791. The summed E-state index contributed by atoms with van der Waals surface area (Å²) in [4.78, 5) is 16.3. The third kappa shape index (κ3) is 4.06. The lowest BCUT2D eigenvalue weighted by molar-refractivity contribution is 0.0950. The number of ether oxygens (including phenoxy) is 2. The van der Waals surface area contributed by atoms with Crippen LogP contribution < -0.4 is 10.1 Å². The van der Waals surface area contributed by atoms with Crippen LogP contribution in [-0.2, 0) is 4.74 Å². The van der Waals surface area contributed by atoms with Crippen molar-refractivity contribution < 1.29 is 14.3 Å². The average molecular weight is 262 g/mol. The van der Waals surface area contributed by atoms with Gasteiger partial charge in [0.2, 0.25) is 5.88 Å². The number of hydrogen-bond acceptors (Lipinski definition) is 4. The minimum Gasteiger partial charge on any atom is -0.481 e. The van der Waals surface area contributed by atoms with E-state index in [9.17, 15) is 4.79 Å². The lowest BCUT2D eigenvalue weighted by Gasteiger charge is -2.06. The molecule has 1 aromatic heterocycles. The Labute approximate surface area is 112 Å². The fraction of sp³-hybridized carbons (Fsp3) is 0.429. The highest BCUT2D eigenvalue weighted by Crippen LogP contribution is 2.20. The van der Waals surface area contributed by atoms with E-state index in [1.807, 2.05) is 6.08 Å². The predicted molar refractivity (Wildman–Crippen MR) is 72.2 cm³/mol. The average Bonchev–Trinajstić information content (AvgIpc) is 3.22. The topological polar surface area (TPSA) is 60.5 Å². The summed E-state index contributed by atoms with van der Waals surface area (Å²) < 4.78 is 10.0. The Hall–Kier alpha value is -1.88. The number of nitrogens with one attached hydrogen (secondary N) is 1. The first-order valence-electron chi connectivity index (χ1n) is 6.25. The van der Waals surface area contributed by atoms with Crippen molar-refractivity contribution in [3.05, 3.63) is 29.5 Å². The Bertz CT molecular complexity index is 482. The van der Waals surface area contributed by atoms with Gasteiger partial charge < -0.3 is 14.8 Å². The van der Waals surface area contributed by atoms with Gasteiger partial charge >= 0.3 is 0 Å². The smallest absolute Gasteiger partial charge is 0.251 e. The highest BCUT2D eigenvalue weighted by Gasteiger charge is 2.24. The summed E-state index contributed by atoms with van der Waals surface area (Å²) in [6.45, 7) is 0.502. The second-order valence-corrected chi connectivity index (χ2v) is 4.43. The molecule has 19 heavy (non-hydrogen) atoms. The van der Waals surface area contributed by atoms with E-state index in [0.29, 0.717) is 29.8 Å². The van der Waals surface area contributed by atoms with E-state index in [0.717, 1.165) is 12.8 Å². The fourth-order valence-electron chi connectivity index (χ4n) is 1.61. The van der Waals surface area contributed by atoms with Crippen molar-refractivity contribution in [3.8, 4) is 5.88 Å². The van der Waals surface area contributed by atoms with Gasteiger partial charge in [-0.3, -0.25) is 4.79 Å². The van der Waals surface area contributed by atoms with Crippen molar-refractivity contribution >= 4 is 12.0 Å². The second kappa shape index (κ2) is 6.33. The number of nitrogens with zero attached hydrogens (tertiary/aromatic N) is 1. The molecule has 0 saturated heterocycles. The molecule has 1 heterocycles. The number of pyridine rings is 1. The van der Waals surface area contributed by atoms with Gasteiger partial charge in [0.1, 0.15) is 0 Å². The van der Waals surface area contributed by atoms with Crippen molar-refractivity contribution in [1.29, 1.82) is 0 Å². The maximum Gasteiger partial charge on any atom is 0.251 e. The van der Waals surface area contributed by atoms with Crippen LogP contribution in [0.2, 0.25) is 0 Å². The lowest BCUT2D eigenvalue weighted by Crippen LogP contribution is -2.25. The first-order chi connectivity index (χ1) is 9.22. The van der Waals surface area contributed by atoms with E-state index in [1.165, 1.54) is 7.11 Å². The summed E-state index contributed by atoms with van der Waals surface area (Å²) in [5, 5.41) is 2.94. The Morgan fingerprint density at radius 2 is 2.26 bits per heavy atom. The van der Waals surface area contributed by atoms with Gasteiger partial charge in [-0.15, -0.1) is 0 Å². The molecule has 0 atom stereocenters. The van der Waals surface area contributed by atoms with Crippen molar-refractivity contribution in [2.45, 2.75) is 18.9 Å². The number of amides is 1. The highest BCUT2D eigenvalue weighted by molar-refractivity contribution is 5.95. The molecular weight excluding hydrogens is 244 g/mol. The number of aromatic nitrogens is 1. The molecule has 1 N–H and O–H groups in total. The third-order valence-corrected chi connectivity index (χ3v) is 2.76.